The van der Waals surface area contributed by atoms with Gasteiger partial charge in [-0.25, -0.2) is 0 Å². The van der Waals surface area contributed by atoms with Gasteiger partial charge in [0.2, 0.25) is 17.7 Å². The van der Waals surface area contributed by atoms with Crippen molar-refractivity contribution in [2.24, 2.45) is 5.73 Å². The number of nitrogens with one attached hydrogen (secondary N) is 4. The predicted octanol–water partition coefficient (Wildman–Crippen LogP) is 3.23. The number of allylic oxidation sites excluding steroid dienone is 3. The van der Waals surface area contributed by atoms with E-state index in [1.165, 1.54) is 6.20 Å². The number of carbonyl (C=O) groups excluding carboxylic acids is 4. The molecule has 0 aliphatic carbocycles. The van der Waals surface area contributed by atoms with E-state index in [0.29, 0.717) is 29.6 Å². The highest BCUT2D eigenvalue weighted by molar-refractivity contribution is 5.95. The number of rotatable bonds is 15. The van der Waals surface area contributed by atoms with E-state index >= 15 is 0 Å². The largest absolute Gasteiger partial charge is 0.452 e. The van der Waals surface area contributed by atoms with Crippen LogP contribution in [-0.4, -0.2) is 73.1 Å². The summed E-state index contributed by atoms with van der Waals surface area (Å²) < 4.78 is 44.6. The normalized spacial score (nSPS) is 13.2. The summed E-state index contributed by atoms with van der Waals surface area (Å²) in [5.41, 5.74) is 6.95. The Labute approximate surface area is 249 Å². The van der Waals surface area contributed by atoms with Crippen molar-refractivity contribution < 1.29 is 37.1 Å². The summed E-state index contributed by atoms with van der Waals surface area (Å²) >= 11 is 0. The van der Waals surface area contributed by atoms with Crippen LogP contribution in [0.15, 0.2) is 54.3 Å². The lowest BCUT2D eigenvalue weighted by Crippen LogP contribution is -2.52. The molecular weight excluding hydrogens is 567 g/mol. The Hall–Kier alpha value is -3.97. The Morgan fingerprint density at radius 1 is 1.05 bits per heavy atom. The molecule has 1 heterocycles. The molecule has 0 spiro atoms. The van der Waals surface area contributed by atoms with E-state index in [0.717, 1.165) is 12.2 Å². The molecule has 0 saturated heterocycles. The zero-order chi connectivity index (χ0) is 32.4. The molecule has 0 aliphatic rings. The summed E-state index contributed by atoms with van der Waals surface area (Å²) in [5.74, 6) is -4.14. The molecule has 43 heavy (non-hydrogen) atoms. The number of halogens is 3. The molecular formula is C30H42F3N5O5. The number of ether oxygens (including phenoxy) is 1. The van der Waals surface area contributed by atoms with Gasteiger partial charge < -0.3 is 31.4 Å². The number of alkyl halides is 3. The summed E-state index contributed by atoms with van der Waals surface area (Å²) in [7, 11) is 0. The number of ketones is 1. The second kappa shape index (κ2) is 19.3. The molecule has 0 bridgehead atoms. The maximum absolute atomic E-state index is 13.3. The average Bonchev–Trinajstić information content (AvgIpc) is 3.39. The first-order valence-electron chi connectivity index (χ1n) is 14.0. The summed E-state index contributed by atoms with van der Waals surface area (Å²) in [6.07, 6.45) is 1.50. The van der Waals surface area contributed by atoms with Crippen LogP contribution in [0, 0.1) is 0 Å². The molecule has 2 rings (SSSR count). The fraction of sp³-hybridized carbons (Fsp3) is 0.467. The lowest BCUT2D eigenvalue weighted by atomic mass is 10.0. The van der Waals surface area contributed by atoms with Gasteiger partial charge in [0.15, 0.2) is 0 Å². The van der Waals surface area contributed by atoms with Crippen molar-refractivity contribution in [2.45, 2.75) is 65.2 Å². The second-order valence-corrected chi connectivity index (χ2v) is 9.29. The number of para-hydroxylation sites is 1. The Morgan fingerprint density at radius 2 is 1.72 bits per heavy atom. The smallest absolute Gasteiger partial charge is 0.380 e. The monoisotopic (exact) mass is 609 g/mol. The fourth-order valence-corrected chi connectivity index (χ4v) is 3.93. The molecule has 2 unspecified atom stereocenters. The van der Waals surface area contributed by atoms with Crippen LogP contribution in [-0.2, 0) is 30.3 Å². The minimum absolute atomic E-state index is 0.133. The Balaban J connectivity index is 0.00000139. The van der Waals surface area contributed by atoms with E-state index in [9.17, 15) is 32.3 Å². The third kappa shape index (κ3) is 13.3. The highest BCUT2D eigenvalue weighted by atomic mass is 19.4. The fourth-order valence-electron chi connectivity index (χ4n) is 3.93. The summed E-state index contributed by atoms with van der Waals surface area (Å²) in [4.78, 5) is 52.1. The van der Waals surface area contributed by atoms with Gasteiger partial charge >= 0.3 is 6.18 Å². The van der Waals surface area contributed by atoms with Crippen molar-refractivity contribution in [2.75, 3.05) is 26.3 Å². The molecule has 1 aromatic heterocycles. The number of Topliss-reactive ketones (excluding diaryl/α,β-unsaturated/α-hetero) is 1. The van der Waals surface area contributed by atoms with Gasteiger partial charge in [-0.2, -0.15) is 13.2 Å². The van der Waals surface area contributed by atoms with Gasteiger partial charge in [0.25, 0.3) is 5.78 Å². The molecule has 0 fully saturated rings. The Kier molecular flexibility index (Phi) is 16.6. The lowest BCUT2D eigenvalue weighted by molar-refractivity contribution is -0.173. The van der Waals surface area contributed by atoms with E-state index in [1.807, 2.05) is 6.92 Å². The van der Waals surface area contributed by atoms with Crippen LogP contribution in [0.4, 0.5) is 13.2 Å². The van der Waals surface area contributed by atoms with Gasteiger partial charge in [-0.3, -0.25) is 19.2 Å². The lowest BCUT2D eigenvalue weighted by Gasteiger charge is -2.21. The van der Waals surface area contributed by atoms with Crippen LogP contribution in [0.1, 0.15) is 46.1 Å². The van der Waals surface area contributed by atoms with E-state index in [1.54, 1.807) is 63.3 Å². The van der Waals surface area contributed by atoms with Crippen molar-refractivity contribution in [3.05, 3.63) is 59.8 Å². The Bertz CT molecular complexity index is 1250. The number of aromatic nitrogens is 1. The SMILES string of the molecule is C/C=C\C(=C/C)CC(NC(=O)CC)C(=O)NCC(=O)NC(Cc1c[nH]c2ccccc12)C(=O)C(F)(F)F.CCOCCN. The second-order valence-electron chi connectivity index (χ2n) is 9.29. The van der Waals surface area contributed by atoms with Gasteiger partial charge in [0.1, 0.15) is 12.1 Å². The number of H-pyrrole nitrogens is 1. The minimum atomic E-state index is -5.17. The van der Waals surface area contributed by atoms with E-state index in [-0.39, 0.29) is 18.7 Å². The van der Waals surface area contributed by atoms with Gasteiger partial charge in [0, 0.05) is 49.5 Å². The van der Waals surface area contributed by atoms with Crippen LogP contribution in [0.3, 0.4) is 0 Å². The number of hydrogen-bond donors (Lipinski definition) is 5. The van der Waals surface area contributed by atoms with Crippen molar-refractivity contribution in [3.8, 4) is 0 Å². The third-order valence-corrected chi connectivity index (χ3v) is 6.08. The highest BCUT2D eigenvalue weighted by Gasteiger charge is 2.44. The van der Waals surface area contributed by atoms with Crippen LogP contribution in [0.2, 0.25) is 0 Å². The molecule has 6 N–H and O–H groups in total. The third-order valence-electron chi connectivity index (χ3n) is 6.08. The number of fused-ring (bicyclic) bond motifs is 1. The standard InChI is InChI=1S/C26H31F3N4O4.C4H11NO/c1-4-9-16(5-2)12-21(33-22(34)6-3)25(37)31-15-23(35)32-20(24(36)26(27,28)29)13-17-14-30-19-11-8-7-10-18(17)19;1-2-6-4-3-5/h4-5,7-11,14,20-21,30H,6,12-13,15H2,1-3H3,(H,31,37)(H,32,35)(H,33,34);2-5H2,1H3/b9-4-,16-5+;. The van der Waals surface area contributed by atoms with E-state index in [2.05, 4.69) is 20.9 Å². The molecule has 2 aromatic rings. The first kappa shape index (κ1) is 37.1. The van der Waals surface area contributed by atoms with E-state index < -0.39 is 48.8 Å². The molecule has 0 saturated carbocycles. The summed E-state index contributed by atoms with van der Waals surface area (Å²) in [6.45, 7) is 8.55. The minimum Gasteiger partial charge on any atom is -0.380 e. The number of amides is 3. The van der Waals surface area contributed by atoms with Crippen LogP contribution >= 0.6 is 0 Å². The molecule has 0 aliphatic heterocycles. The number of aromatic amines is 1. The molecule has 0 radical (unpaired) electrons. The Morgan fingerprint density at radius 3 is 2.28 bits per heavy atom. The maximum atomic E-state index is 13.3. The van der Waals surface area contributed by atoms with Crippen molar-refractivity contribution in [1.82, 2.24) is 20.9 Å². The van der Waals surface area contributed by atoms with Gasteiger partial charge in [-0.15, -0.1) is 0 Å². The van der Waals surface area contributed by atoms with Crippen LogP contribution in [0.25, 0.3) is 10.9 Å². The van der Waals surface area contributed by atoms with Crippen molar-refractivity contribution >= 4 is 34.4 Å². The summed E-state index contributed by atoms with van der Waals surface area (Å²) in [5, 5.41) is 7.64. The molecule has 2 atom stereocenters. The van der Waals surface area contributed by atoms with E-state index in [4.69, 9.17) is 10.5 Å². The van der Waals surface area contributed by atoms with Crippen LogP contribution in [0.5, 0.6) is 0 Å². The van der Waals surface area contributed by atoms with Gasteiger partial charge in [-0.05, 0) is 32.4 Å². The van der Waals surface area contributed by atoms with Gasteiger partial charge in [0.05, 0.1) is 13.2 Å². The summed E-state index contributed by atoms with van der Waals surface area (Å²) in [6, 6.07) is 3.99. The zero-order valence-corrected chi connectivity index (χ0v) is 25.0. The maximum Gasteiger partial charge on any atom is 0.452 e. The molecule has 238 valence electrons. The molecule has 1 aromatic carbocycles. The van der Waals surface area contributed by atoms with Crippen LogP contribution < -0.4 is 21.7 Å². The van der Waals surface area contributed by atoms with Crippen molar-refractivity contribution in [3.63, 3.8) is 0 Å². The zero-order valence-electron chi connectivity index (χ0n) is 25.0. The average molecular weight is 610 g/mol. The molecule has 3 amide bonds. The highest BCUT2D eigenvalue weighted by Crippen LogP contribution is 2.23. The number of nitrogens with two attached hydrogens (primary N) is 1. The number of carbonyl (C=O) groups is 4. The quantitative estimate of drug-likeness (QED) is 0.154. The first-order valence-corrected chi connectivity index (χ1v) is 14.0. The molecule has 13 heteroatoms. The number of hydrogen-bond acceptors (Lipinski definition) is 6. The van der Waals surface area contributed by atoms with Gasteiger partial charge in [-0.1, -0.05) is 48.9 Å². The molecule has 10 nitrogen and oxygen atoms in total. The topological polar surface area (TPSA) is 155 Å². The van der Waals surface area contributed by atoms with Crippen molar-refractivity contribution in [1.29, 1.82) is 0 Å². The predicted molar refractivity (Wildman–Crippen MR) is 159 cm³/mol. The number of benzene rings is 1. The first-order chi connectivity index (χ1) is 20.4.